The molecule has 0 fully saturated rings. The normalized spacial score (nSPS) is 10.5. The number of amides is 1. The Labute approximate surface area is 128 Å². The Morgan fingerprint density at radius 1 is 1.23 bits per heavy atom. The summed E-state index contributed by atoms with van der Waals surface area (Å²) < 4.78 is 6.45. The number of primary amides is 1. The number of carbonyl (C=O) groups excluding carboxylic acids is 2. The van der Waals surface area contributed by atoms with Crippen LogP contribution in [0.25, 0.3) is 0 Å². The van der Waals surface area contributed by atoms with Crippen molar-refractivity contribution in [3.63, 3.8) is 0 Å². The standard InChI is InChI=1S/C16H19N3O3/c1-3-22-16(21)14-13(15(17)20)12(19(2)18-14)10-9-11-7-5-4-6-8-11/h4-8H,3,9-10H2,1-2H3,(H2,17,20). The molecule has 0 unspecified atom stereocenters. The average Bonchev–Trinajstić information content (AvgIpc) is 2.83. The van der Waals surface area contributed by atoms with Gasteiger partial charge in [-0.25, -0.2) is 4.79 Å². The van der Waals surface area contributed by atoms with Crippen LogP contribution in [0.2, 0.25) is 0 Å². The van der Waals surface area contributed by atoms with Crippen LogP contribution in [0.15, 0.2) is 30.3 Å². The van der Waals surface area contributed by atoms with Crippen LogP contribution in [0.1, 0.15) is 39.0 Å². The summed E-state index contributed by atoms with van der Waals surface area (Å²) in [7, 11) is 1.69. The molecule has 0 saturated carbocycles. The molecule has 0 bridgehead atoms. The Bertz CT molecular complexity index is 677. The molecule has 0 radical (unpaired) electrons. The van der Waals surface area contributed by atoms with Crippen LogP contribution in [0.4, 0.5) is 0 Å². The lowest BCUT2D eigenvalue weighted by atomic mass is 10.0. The monoisotopic (exact) mass is 301 g/mol. The van der Waals surface area contributed by atoms with E-state index in [1.165, 1.54) is 4.68 Å². The van der Waals surface area contributed by atoms with Crippen LogP contribution in [0, 0.1) is 0 Å². The predicted molar refractivity (Wildman–Crippen MR) is 81.5 cm³/mol. The molecular formula is C16H19N3O3. The van der Waals surface area contributed by atoms with Crippen LogP contribution in [-0.4, -0.2) is 28.3 Å². The van der Waals surface area contributed by atoms with Crippen molar-refractivity contribution in [1.29, 1.82) is 0 Å². The number of benzene rings is 1. The number of carbonyl (C=O) groups is 2. The zero-order valence-corrected chi connectivity index (χ0v) is 12.7. The summed E-state index contributed by atoms with van der Waals surface area (Å²) in [5, 5.41) is 4.10. The smallest absolute Gasteiger partial charge is 0.359 e. The first-order chi connectivity index (χ1) is 10.5. The molecule has 0 aliphatic rings. The fourth-order valence-corrected chi connectivity index (χ4v) is 2.35. The van der Waals surface area contributed by atoms with E-state index in [-0.39, 0.29) is 17.9 Å². The van der Waals surface area contributed by atoms with E-state index in [0.717, 1.165) is 12.0 Å². The summed E-state index contributed by atoms with van der Waals surface area (Å²) in [5.74, 6) is -1.29. The number of nitrogens with two attached hydrogens (primary N) is 1. The maximum Gasteiger partial charge on any atom is 0.359 e. The Balaban J connectivity index is 2.30. The van der Waals surface area contributed by atoms with Crippen molar-refractivity contribution < 1.29 is 14.3 Å². The van der Waals surface area contributed by atoms with Crippen LogP contribution in [0.5, 0.6) is 0 Å². The lowest BCUT2D eigenvalue weighted by Gasteiger charge is -2.05. The highest BCUT2D eigenvalue weighted by atomic mass is 16.5. The summed E-state index contributed by atoms with van der Waals surface area (Å²) in [6.07, 6.45) is 1.29. The third-order valence-corrected chi connectivity index (χ3v) is 3.37. The van der Waals surface area contributed by atoms with Gasteiger partial charge in [0, 0.05) is 7.05 Å². The van der Waals surface area contributed by atoms with Crippen molar-refractivity contribution in [2.24, 2.45) is 12.8 Å². The van der Waals surface area contributed by atoms with Crippen LogP contribution >= 0.6 is 0 Å². The van der Waals surface area contributed by atoms with Crippen LogP contribution in [0.3, 0.4) is 0 Å². The van der Waals surface area contributed by atoms with E-state index in [1.807, 2.05) is 30.3 Å². The first-order valence-electron chi connectivity index (χ1n) is 7.11. The van der Waals surface area contributed by atoms with Gasteiger partial charge in [-0.15, -0.1) is 0 Å². The Morgan fingerprint density at radius 3 is 2.50 bits per heavy atom. The van der Waals surface area contributed by atoms with Crippen molar-refractivity contribution >= 4 is 11.9 Å². The van der Waals surface area contributed by atoms with Gasteiger partial charge in [0.15, 0.2) is 5.69 Å². The predicted octanol–water partition coefficient (Wildman–Crippen LogP) is 1.48. The summed E-state index contributed by atoms with van der Waals surface area (Å²) in [6.45, 7) is 1.91. The van der Waals surface area contributed by atoms with E-state index in [9.17, 15) is 9.59 Å². The minimum absolute atomic E-state index is 0.0140. The molecule has 0 saturated heterocycles. The number of rotatable bonds is 6. The van der Waals surface area contributed by atoms with Gasteiger partial charge >= 0.3 is 5.97 Å². The van der Waals surface area contributed by atoms with Gasteiger partial charge in [-0.05, 0) is 25.3 Å². The number of ether oxygens (including phenoxy) is 1. The van der Waals surface area contributed by atoms with Crippen LogP contribution < -0.4 is 5.73 Å². The first-order valence-corrected chi connectivity index (χ1v) is 7.11. The number of hydrogen-bond acceptors (Lipinski definition) is 4. The SMILES string of the molecule is CCOC(=O)c1nn(C)c(CCc2ccccc2)c1C(N)=O. The largest absolute Gasteiger partial charge is 0.461 e. The maximum absolute atomic E-state index is 11.9. The molecule has 6 heteroatoms. The van der Waals surface area contributed by atoms with Gasteiger partial charge in [-0.1, -0.05) is 30.3 Å². The molecule has 0 aliphatic heterocycles. The van der Waals surface area contributed by atoms with Gasteiger partial charge in [-0.3, -0.25) is 9.48 Å². The molecule has 2 rings (SSSR count). The average molecular weight is 301 g/mol. The molecule has 0 aliphatic carbocycles. The second kappa shape index (κ2) is 6.89. The highest BCUT2D eigenvalue weighted by molar-refractivity contribution is 6.04. The van der Waals surface area contributed by atoms with Crippen molar-refractivity contribution in [3.05, 3.63) is 52.8 Å². The highest BCUT2D eigenvalue weighted by Gasteiger charge is 2.26. The van der Waals surface area contributed by atoms with Gasteiger partial charge in [0.05, 0.1) is 17.9 Å². The lowest BCUT2D eigenvalue weighted by Crippen LogP contribution is -2.18. The number of hydrogen-bond donors (Lipinski definition) is 1. The molecule has 1 aromatic carbocycles. The summed E-state index contributed by atoms with van der Waals surface area (Å²) >= 11 is 0. The fraction of sp³-hybridized carbons (Fsp3) is 0.312. The van der Waals surface area contributed by atoms with E-state index < -0.39 is 11.9 Å². The zero-order valence-electron chi connectivity index (χ0n) is 12.7. The minimum atomic E-state index is -0.667. The molecule has 1 aromatic heterocycles. The number of esters is 1. The molecular weight excluding hydrogens is 282 g/mol. The first kappa shape index (κ1) is 15.8. The van der Waals surface area contributed by atoms with Gasteiger partial charge in [0.25, 0.3) is 5.91 Å². The van der Waals surface area contributed by atoms with Crippen LogP contribution in [-0.2, 0) is 24.6 Å². The second-order valence-corrected chi connectivity index (χ2v) is 4.86. The quantitative estimate of drug-likeness (QED) is 0.819. The van der Waals surface area contributed by atoms with E-state index in [4.69, 9.17) is 10.5 Å². The Kier molecular flexibility index (Phi) is 4.93. The van der Waals surface area contributed by atoms with Gasteiger partial charge in [0.2, 0.25) is 0 Å². The second-order valence-electron chi connectivity index (χ2n) is 4.86. The number of aryl methyl sites for hydroxylation is 2. The molecule has 6 nitrogen and oxygen atoms in total. The van der Waals surface area contributed by atoms with Crippen molar-refractivity contribution in [2.45, 2.75) is 19.8 Å². The molecule has 22 heavy (non-hydrogen) atoms. The minimum Gasteiger partial charge on any atom is -0.461 e. The molecule has 0 spiro atoms. The lowest BCUT2D eigenvalue weighted by molar-refractivity contribution is 0.0515. The van der Waals surface area contributed by atoms with Crippen molar-refractivity contribution in [2.75, 3.05) is 6.61 Å². The molecule has 2 N–H and O–H groups in total. The van der Waals surface area contributed by atoms with Gasteiger partial charge in [0.1, 0.15) is 0 Å². The van der Waals surface area contributed by atoms with E-state index in [2.05, 4.69) is 5.10 Å². The van der Waals surface area contributed by atoms with Crippen molar-refractivity contribution in [1.82, 2.24) is 9.78 Å². The Morgan fingerprint density at radius 2 is 1.91 bits per heavy atom. The summed E-state index contributed by atoms with van der Waals surface area (Å²) in [6, 6.07) is 9.87. The van der Waals surface area contributed by atoms with Crippen molar-refractivity contribution in [3.8, 4) is 0 Å². The third-order valence-electron chi connectivity index (χ3n) is 3.37. The summed E-state index contributed by atoms with van der Waals surface area (Å²) in [5.41, 5.74) is 7.34. The topological polar surface area (TPSA) is 87.2 Å². The zero-order chi connectivity index (χ0) is 16.1. The highest BCUT2D eigenvalue weighted by Crippen LogP contribution is 2.17. The van der Waals surface area contributed by atoms with Gasteiger partial charge < -0.3 is 10.5 Å². The molecule has 0 atom stereocenters. The van der Waals surface area contributed by atoms with E-state index >= 15 is 0 Å². The molecule has 2 aromatic rings. The fourth-order valence-electron chi connectivity index (χ4n) is 2.35. The molecule has 1 heterocycles. The van der Waals surface area contributed by atoms with E-state index in [0.29, 0.717) is 12.1 Å². The van der Waals surface area contributed by atoms with E-state index in [1.54, 1.807) is 14.0 Å². The summed E-state index contributed by atoms with van der Waals surface area (Å²) in [4.78, 5) is 23.6. The molecule has 116 valence electrons. The third kappa shape index (κ3) is 3.33. The van der Waals surface area contributed by atoms with Gasteiger partial charge in [-0.2, -0.15) is 5.10 Å². The Hall–Kier alpha value is -2.63. The maximum atomic E-state index is 11.9. The molecule has 1 amide bonds. The number of nitrogens with zero attached hydrogens (tertiary/aromatic N) is 2. The number of aromatic nitrogens is 2.